The number of pyridine rings is 1. The Morgan fingerprint density at radius 2 is 2.13 bits per heavy atom. The van der Waals surface area contributed by atoms with Crippen molar-refractivity contribution >= 4 is 29.0 Å². The van der Waals surface area contributed by atoms with E-state index in [1.165, 1.54) is 11.1 Å². The van der Waals surface area contributed by atoms with Gasteiger partial charge >= 0.3 is 0 Å². The van der Waals surface area contributed by atoms with Gasteiger partial charge in [0.15, 0.2) is 0 Å². The van der Waals surface area contributed by atoms with Gasteiger partial charge in [-0.05, 0) is 61.3 Å². The van der Waals surface area contributed by atoms with E-state index in [-0.39, 0.29) is 18.4 Å². The molecule has 2 aliphatic heterocycles. The van der Waals surface area contributed by atoms with Gasteiger partial charge in [0.25, 0.3) is 5.91 Å². The number of rotatable bonds is 4. The van der Waals surface area contributed by atoms with Crippen LogP contribution < -0.4 is 15.5 Å². The summed E-state index contributed by atoms with van der Waals surface area (Å²) in [5.74, 6) is 0.862. The Balaban J connectivity index is 1.39. The van der Waals surface area contributed by atoms with Gasteiger partial charge in [-0.3, -0.25) is 9.59 Å². The lowest BCUT2D eigenvalue weighted by atomic mass is 9.99. The SMILES string of the molecule is O=C(Nc1cccc2c1CCC2)c1cnc2c(c1)N(CC1CCOCC1)C(=O)CN2. The topological polar surface area (TPSA) is 83.6 Å². The Morgan fingerprint density at radius 3 is 3.00 bits per heavy atom. The number of anilines is 3. The monoisotopic (exact) mass is 406 g/mol. The van der Waals surface area contributed by atoms with E-state index in [2.05, 4.69) is 21.7 Å². The number of nitrogens with one attached hydrogen (secondary N) is 2. The molecule has 5 rings (SSSR count). The lowest BCUT2D eigenvalue weighted by Crippen LogP contribution is -2.44. The maximum atomic E-state index is 13.0. The average molecular weight is 406 g/mol. The van der Waals surface area contributed by atoms with Crippen molar-refractivity contribution in [1.29, 1.82) is 0 Å². The summed E-state index contributed by atoms with van der Waals surface area (Å²) in [5, 5.41) is 6.12. The van der Waals surface area contributed by atoms with Gasteiger partial charge in [0, 0.05) is 31.6 Å². The maximum Gasteiger partial charge on any atom is 0.257 e. The third-order valence-electron chi connectivity index (χ3n) is 6.30. The normalized spacial score (nSPS) is 18.5. The van der Waals surface area contributed by atoms with Crippen molar-refractivity contribution in [2.24, 2.45) is 5.92 Å². The van der Waals surface area contributed by atoms with Crippen molar-refractivity contribution < 1.29 is 14.3 Å². The fourth-order valence-electron chi connectivity index (χ4n) is 4.63. The predicted octanol–water partition coefficient (Wildman–Crippen LogP) is 3.01. The number of carbonyl (C=O) groups excluding carboxylic acids is 2. The minimum atomic E-state index is -0.199. The Hall–Kier alpha value is -2.93. The standard InChI is InChI=1S/C23H26N4O3/c28-21-13-25-22-20(27(21)14-15-7-9-30-10-8-15)11-17(12-24-22)23(29)26-19-6-2-4-16-3-1-5-18(16)19/h2,4,6,11-12,15H,1,3,5,7-10,13-14H2,(H,24,25)(H,26,29). The molecule has 1 aromatic heterocycles. The van der Waals surface area contributed by atoms with Crippen molar-refractivity contribution in [1.82, 2.24) is 4.98 Å². The van der Waals surface area contributed by atoms with E-state index < -0.39 is 0 Å². The van der Waals surface area contributed by atoms with Crippen LogP contribution >= 0.6 is 0 Å². The van der Waals surface area contributed by atoms with Gasteiger partial charge in [-0.1, -0.05) is 12.1 Å². The van der Waals surface area contributed by atoms with Crippen LogP contribution in [0.5, 0.6) is 0 Å². The van der Waals surface area contributed by atoms with Gasteiger partial charge < -0.3 is 20.3 Å². The van der Waals surface area contributed by atoms with E-state index in [0.717, 1.165) is 51.0 Å². The molecule has 3 heterocycles. The van der Waals surface area contributed by atoms with Crippen LogP contribution in [-0.4, -0.2) is 43.1 Å². The Bertz CT molecular complexity index is 984. The quantitative estimate of drug-likeness (QED) is 0.816. The Kier molecular flexibility index (Phi) is 5.12. The highest BCUT2D eigenvalue weighted by atomic mass is 16.5. The molecular weight excluding hydrogens is 380 g/mol. The summed E-state index contributed by atoms with van der Waals surface area (Å²) in [5.41, 5.74) is 4.56. The van der Waals surface area contributed by atoms with E-state index in [1.807, 2.05) is 12.1 Å². The van der Waals surface area contributed by atoms with Crippen molar-refractivity contribution in [2.45, 2.75) is 32.1 Å². The number of nitrogens with zero attached hydrogens (tertiary/aromatic N) is 2. The number of hydrogen-bond acceptors (Lipinski definition) is 5. The van der Waals surface area contributed by atoms with Crippen LogP contribution in [0.2, 0.25) is 0 Å². The summed E-state index contributed by atoms with van der Waals surface area (Å²) >= 11 is 0. The number of aryl methyl sites for hydroxylation is 1. The fraction of sp³-hybridized carbons (Fsp3) is 0.435. The van der Waals surface area contributed by atoms with E-state index in [9.17, 15) is 9.59 Å². The number of aromatic nitrogens is 1. The van der Waals surface area contributed by atoms with Crippen molar-refractivity contribution in [3.8, 4) is 0 Å². The first kappa shape index (κ1) is 19.1. The highest BCUT2D eigenvalue weighted by Gasteiger charge is 2.29. The number of amides is 2. The molecule has 1 aromatic carbocycles. The molecule has 1 fully saturated rings. The average Bonchev–Trinajstić information content (AvgIpc) is 3.26. The second-order valence-electron chi connectivity index (χ2n) is 8.26. The van der Waals surface area contributed by atoms with Gasteiger partial charge in [0.05, 0.1) is 17.8 Å². The van der Waals surface area contributed by atoms with Gasteiger partial charge in [-0.15, -0.1) is 0 Å². The minimum Gasteiger partial charge on any atom is -0.381 e. The van der Waals surface area contributed by atoms with E-state index in [4.69, 9.17) is 4.74 Å². The fourth-order valence-corrected chi connectivity index (χ4v) is 4.63. The molecule has 3 aliphatic rings. The number of hydrogen-bond donors (Lipinski definition) is 2. The zero-order valence-corrected chi connectivity index (χ0v) is 16.9. The molecule has 0 unspecified atom stereocenters. The first-order chi connectivity index (χ1) is 14.7. The van der Waals surface area contributed by atoms with Gasteiger partial charge in [0.2, 0.25) is 5.91 Å². The highest BCUT2D eigenvalue weighted by molar-refractivity contribution is 6.08. The third kappa shape index (κ3) is 3.65. The lowest BCUT2D eigenvalue weighted by molar-refractivity contribution is -0.117. The van der Waals surface area contributed by atoms with Crippen LogP contribution in [-0.2, 0) is 22.4 Å². The van der Waals surface area contributed by atoms with Crippen molar-refractivity contribution in [3.05, 3.63) is 47.2 Å². The van der Waals surface area contributed by atoms with Gasteiger partial charge in [-0.25, -0.2) is 4.98 Å². The first-order valence-corrected chi connectivity index (χ1v) is 10.7. The summed E-state index contributed by atoms with van der Waals surface area (Å²) in [4.78, 5) is 31.8. The second-order valence-corrected chi connectivity index (χ2v) is 8.26. The van der Waals surface area contributed by atoms with E-state index in [0.29, 0.717) is 29.5 Å². The molecule has 30 heavy (non-hydrogen) atoms. The van der Waals surface area contributed by atoms with Crippen LogP contribution in [0.1, 0.15) is 40.7 Å². The molecule has 7 nitrogen and oxygen atoms in total. The van der Waals surface area contributed by atoms with Crippen LogP contribution in [0, 0.1) is 5.92 Å². The zero-order valence-electron chi connectivity index (χ0n) is 16.9. The largest absolute Gasteiger partial charge is 0.381 e. The zero-order chi connectivity index (χ0) is 20.5. The molecule has 2 amide bonds. The van der Waals surface area contributed by atoms with Crippen LogP contribution in [0.25, 0.3) is 0 Å². The minimum absolute atomic E-state index is 0.00855. The molecule has 7 heteroatoms. The smallest absolute Gasteiger partial charge is 0.257 e. The van der Waals surface area contributed by atoms with E-state index >= 15 is 0 Å². The number of ether oxygens (including phenoxy) is 1. The Labute approximate surface area is 175 Å². The lowest BCUT2D eigenvalue weighted by Gasteiger charge is -2.33. The summed E-state index contributed by atoms with van der Waals surface area (Å²) in [7, 11) is 0. The molecule has 0 saturated carbocycles. The summed E-state index contributed by atoms with van der Waals surface area (Å²) in [6.07, 6.45) is 6.64. The van der Waals surface area contributed by atoms with E-state index in [1.54, 1.807) is 17.2 Å². The summed E-state index contributed by atoms with van der Waals surface area (Å²) < 4.78 is 5.44. The second kappa shape index (κ2) is 8.07. The summed E-state index contributed by atoms with van der Waals surface area (Å²) in [6, 6.07) is 7.85. The molecule has 2 N–H and O–H groups in total. The van der Waals surface area contributed by atoms with Gasteiger partial charge in [0.1, 0.15) is 5.82 Å². The summed E-state index contributed by atoms with van der Waals surface area (Å²) in [6.45, 7) is 2.33. The number of fused-ring (bicyclic) bond motifs is 2. The first-order valence-electron chi connectivity index (χ1n) is 10.7. The number of benzene rings is 1. The molecule has 1 aliphatic carbocycles. The van der Waals surface area contributed by atoms with Crippen LogP contribution in [0.3, 0.4) is 0 Å². The molecular formula is C23H26N4O3. The van der Waals surface area contributed by atoms with Crippen LogP contribution in [0.4, 0.5) is 17.2 Å². The number of carbonyl (C=O) groups is 2. The van der Waals surface area contributed by atoms with Gasteiger partial charge in [-0.2, -0.15) is 0 Å². The van der Waals surface area contributed by atoms with Crippen molar-refractivity contribution in [2.75, 3.05) is 41.8 Å². The molecule has 2 aromatic rings. The Morgan fingerprint density at radius 1 is 1.27 bits per heavy atom. The third-order valence-corrected chi connectivity index (χ3v) is 6.30. The van der Waals surface area contributed by atoms with Crippen LogP contribution in [0.15, 0.2) is 30.5 Å². The molecule has 156 valence electrons. The molecule has 0 atom stereocenters. The highest BCUT2D eigenvalue weighted by Crippen LogP contribution is 2.32. The molecule has 0 bridgehead atoms. The molecule has 0 spiro atoms. The molecule has 1 saturated heterocycles. The predicted molar refractivity (Wildman–Crippen MR) is 115 cm³/mol. The van der Waals surface area contributed by atoms with Crippen molar-refractivity contribution in [3.63, 3.8) is 0 Å². The molecule has 0 radical (unpaired) electrons. The maximum absolute atomic E-state index is 13.0.